The summed E-state index contributed by atoms with van der Waals surface area (Å²) in [5.74, 6) is 1.05. The number of ether oxygens (including phenoxy) is 2. The summed E-state index contributed by atoms with van der Waals surface area (Å²) in [4.78, 5) is 19.9. The summed E-state index contributed by atoms with van der Waals surface area (Å²) in [6, 6.07) is 19.6. The zero-order valence-electron chi connectivity index (χ0n) is 18.6. The van der Waals surface area contributed by atoms with Gasteiger partial charge >= 0.3 is 0 Å². The lowest BCUT2D eigenvalue weighted by Gasteiger charge is -2.12. The van der Waals surface area contributed by atoms with Gasteiger partial charge in [0.2, 0.25) is 0 Å². The van der Waals surface area contributed by atoms with Crippen molar-refractivity contribution >= 4 is 57.2 Å². The van der Waals surface area contributed by atoms with E-state index in [0.29, 0.717) is 27.9 Å². The number of methoxy groups -OCH3 is 1. The van der Waals surface area contributed by atoms with Gasteiger partial charge in [-0.1, -0.05) is 24.3 Å². The van der Waals surface area contributed by atoms with E-state index in [1.54, 1.807) is 30.2 Å². The maximum Gasteiger partial charge on any atom is 0.266 e. The summed E-state index contributed by atoms with van der Waals surface area (Å²) in [6.07, 6.45) is 1.86. The van der Waals surface area contributed by atoms with Crippen molar-refractivity contribution in [3.05, 3.63) is 92.1 Å². The fourth-order valence-electron chi connectivity index (χ4n) is 3.28. The molecular formula is C26H22FIN2O3S. The maximum atomic E-state index is 13.8. The van der Waals surface area contributed by atoms with Crippen molar-refractivity contribution in [2.75, 3.05) is 13.7 Å². The molecule has 1 fully saturated rings. The Morgan fingerprint density at radius 3 is 2.56 bits per heavy atom. The first-order valence-electron chi connectivity index (χ1n) is 10.6. The van der Waals surface area contributed by atoms with E-state index < -0.39 is 0 Å². The molecule has 1 amide bonds. The normalized spacial score (nSPS) is 15.9. The van der Waals surface area contributed by atoms with Gasteiger partial charge in [0.25, 0.3) is 5.91 Å². The highest BCUT2D eigenvalue weighted by molar-refractivity contribution is 14.1. The quantitative estimate of drug-likeness (QED) is 0.230. The SMILES string of the molecule is CCN1C(=O)/C(=C\c2ccc(OCc3ccccc3F)c(I)c2)SC1=Nc1ccc(OC)cc1. The van der Waals surface area contributed by atoms with Crippen LogP contribution in [0.4, 0.5) is 10.1 Å². The molecule has 34 heavy (non-hydrogen) atoms. The molecular weight excluding hydrogens is 566 g/mol. The minimum Gasteiger partial charge on any atom is -0.497 e. The highest BCUT2D eigenvalue weighted by Crippen LogP contribution is 2.35. The molecule has 5 nitrogen and oxygen atoms in total. The molecule has 0 atom stereocenters. The van der Waals surface area contributed by atoms with Gasteiger partial charge in [-0.25, -0.2) is 9.38 Å². The van der Waals surface area contributed by atoms with E-state index in [4.69, 9.17) is 9.47 Å². The number of amidine groups is 1. The number of hydrogen-bond acceptors (Lipinski definition) is 5. The highest BCUT2D eigenvalue weighted by atomic mass is 127. The fraction of sp³-hybridized carbons (Fsp3) is 0.154. The summed E-state index contributed by atoms with van der Waals surface area (Å²) in [7, 11) is 1.62. The van der Waals surface area contributed by atoms with E-state index in [2.05, 4.69) is 27.6 Å². The number of hydrogen-bond donors (Lipinski definition) is 0. The molecule has 0 spiro atoms. The molecule has 3 aromatic carbocycles. The first-order chi connectivity index (χ1) is 16.5. The summed E-state index contributed by atoms with van der Waals surface area (Å²) < 4.78 is 25.7. The Labute approximate surface area is 215 Å². The number of halogens is 2. The Hall–Kier alpha value is -2.85. The second-order valence-corrected chi connectivity index (χ2v) is 9.49. The number of aliphatic imine (C=N–C) groups is 1. The average Bonchev–Trinajstić information content (AvgIpc) is 3.13. The molecule has 0 saturated carbocycles. The van der Waals surface area contributed by atoms with E-state index in [9.17, 15) is 9.18 Å². The number of rotatable bonds is 7. The van der Waals surface area contributed by atoms with Crippen molar-refractivity contribution in [3.8, 4) is 11.5 Å². The van der Waals surface area contributed by atoms with Gasteiger partial charge in [0.15, 0.2) is 5.17 Å². The summed E-state index contributed by atoms with van der Waals surface area (Å²) in [6.45, 7) is 2.60. The predicted molar refractivity (Wildman–Crippen MR) is 143 cm³/mol. The first-order valence-corrected chi connectivity index (χ1v) is 12.5. The Bertz CT molecular complexity index is 1260. The largest absolute Gasteiger partial charge is 0.497 e. The lowest BCUT2D eigenvalue weighted by atomic mass is 10.2. The van der Waals surface area contributed by atoms with Crippen LogP contribution >= 0.6 is 34.4 Å². The number of thioether (sulfide) groups is 1. The minimum absolute atomic E-state index is 0.0744. The van der Waals surface area contributed by atoms with Crippen LogP contribution in [0.15, 0.2) is 76.6 Å². The third-order valence-electron chi connectivity index (χ3n) is 5.10. The average molecular weight is 588 g/mol. The molecule has 0 unspecified atom stereocenters. The molecule has 0 bridgehead atoms. The third kappa shape index (κ3) is 5.61. The number of amides is 1. The van der Waals surface area contributed by atoms with Crippen LogP contribution in [0, 0.1) is 9.39 Å². The van der Waals surface area contributed by atoms with Gasteiger partial charge in [-0.3, -0.25) is 9.69 Å². The molecule has 0 aromatic heterocycles. The number of benzene rings is 3. The second kappa shape index (κ2) is 11.1. The van der Waals surface area contributed by atoms with Crippen LogP contribution in [-0.2, 0) is 11.4 Å². The summed E-state index contributed by atoms with van der Waals surface area (Å²) >= 11 is 3.53. The van der Waals surface area contributed by atoms with Crippen molar-refractivity contribution in [2.45, 2.75) is 13.5 Å². The van der Waals surface area contributed by atoms with E-state index in [1.165, 1.54) is 17.8 Å². The van der Waals surface area contributed by atoms with Crippen LogP contribution in [0.25, 0.3) is 6.08 Å². The molecule has 174 valence electrons. The zero-order valence-corrected chi connectivity index (χ0v) is 21.6. The van der Waals surface area contributed by atoms with Gasteiger partial charge in [-0.05, 0) is 95.4 Å². The van der Waals surface area contributed by atoms with Crippen LogP contribution < -0.4 is 9.47 Å². The van der Waals surface area contributed by atoms with Crippen molar-refractivity contribution < 1.29 is 18.7 Å². The second-order valence-electron chi connectivity index (χ2n) is 7.32. The number of carbonyl (C=O) groups excluding carboxylic acids is 1. The smallest absolute Gasteiger partial charge is 0.266 e. The molecule has 4 rings (SSSR count). The van der Waals surface area contributed by atoms with Crippen LogP contribution in [0.2, 0.25) is 0 Å². The van der Waals surface area contributed by atoms with Crippen LogP contribution in [0.1, 0.15) is 18.1 Å². The Morgan fingerprint density at radius 1 is 1.12 bits per heavy atom. The monoisotopic (exact) mass is 588 g/mol. The Morgan fingerprint density at radius 2 is 1.88 bits per heavy atom. The van der Waals surface area contributed by atoms with E-state index in [-0.39, 0.29) is 18.3 Å². The molecule has 1 saturated heterocycles. The van der Waals surface area contributed by atoms with Gasteiger partial charge in [-0.15, -0.1) is 0 Å². The fourth-order valence-corrected chi connectivity index (χ4v) is 5.04. The standard InChI is InChI=1S/C26H22FIN2O3S/c1-3-30-25(31)24(34-26(30)29-19-9-11-20(32-2)12-10-19)15-17-8-13-23(22(28)14-17)33-16-18-6-4-5-7-21(18)27/h4-15H,3,16H2,1-2H3/b24-15+,29-26?. The summed E-state index contributed by atoms with van der Waals surface area (Å²) in [5.41, 5.74) is 2.13. The summed E-state index contributed by atoms with van der Waals surface area (Å²) in [5, 5.41) is 0.642. The highest BCUT2D eigenvalue weighted by Gasteiger charge is 2.32. The van der Waals surface area contributed by atoms with Gasteiger partial charge in [0.05, 0.1) is 21.3 Å². The van der Waals surface area contributed by atoms with E-state index in [0.717, 1.165) is 20.6 Å². The molecule has 3 aromatic rings. The third-order valence-corrected chi connectivity index (χ3v) is 6.95. The number of carbonyl (C=O) groups is 1. The van der Waals surface area contributed by atoms with E-state index >= 15 is 0 Å². The Kier molecular flexibility index (Phi) is 7.89. The maximum absolute atomic E-state index is 13.8. The van der Waals surface area contributed by atoms with Gasteiger partial charge in [0, 0.05) is 12.1 Å². The van der Waals surface area contributed by atoms with Crippen molar-refractivity contribution in [3.63, 3.8) is 0 Å². The van der Waals surface area contributed by atoms with Gasteiger partial charge in [-0.2, -0.15) is 0 Å². The lowest BCUT2D eigenvalue weighted by molar-refractivity contribution is -0.122. The topological polar surface area (TPSA) is 51.1 Å². The Balaban J connectivity index is 1.51. The molecule has 0 N–H and O–H groups in total. The lowest BCUT2D eigenvalue weighted by Crippen LogP contribution is -2.28. The van der Waals surface area contributed by atoms with Gasteiger partial charge in [0.1, 0.15) is 23.9 Å². The van der Waals surface area contributed by atoms with Crippen LogP contribution in [0.3, 0.4) is 0 Å². The van der Waals surface area contributed by atoms with Crippen molar-refractivity contribution in [1.82, 2.24) is 4.90 Å². The minimum atomic E-state index is -0.289. The predicted octanol–water partition coefficient (Wildman–Crippen LogP) is 6.64. The molecule has 1 aliphatic heterocycles. The van der Waals surface area contributed by atoms with E-state index in [1.807, 2.05) is 55.5 Å². The molecule has 0 aliphatic carbocycles. The van der Waals surface area contributed by atoms with Crippen LogP contribution in [0.5, 0.6) is 11.5 Å². The molecule has 8 heteroatoms. The number of nitrogens with zero attached hydrogens (tertiary/aromatic N) is 2. The van der Waals surface area contributed by atoms with Gasteiger partial charge < -0.3 is 9.47 Å². The molecule has 1 heterocycles. The van der Waals surface area contributed by atoms with Crippen molar-refractivity contribution in [1.29, 1.82) is 0 Å². The van der Waals surface area contributed by atoms with Crippen LogP contribution in [-0.4, -0.2) is 29.6 Å². The van der Waals surface area contributed by atoms with Crippen molar-refractivity contribution in [2.24, 2.45) is 4.99 Å². The zero-order chi connectivity index (χ0) is 24.1. The number of likely N-dealkylation sites (N-methyl/N-ethyl adjacent to an activating group) is 1. The first kappa shape index (κ1) is 24.3. The molecule has 0 radical (unpaired) electrons. The molecule has 1 aliphatic rings.